The molecule has 0 saturated heterocycles. The Kier molecular flexibility index (Phi) is 4.33. The van der Waals surface area contributed by atoms with Crippen LogP contribution in [0.25, 0.3) is 5.69 Å². The summed E-state index contributed by atoms with van der Waals surface area (Å²) in [7, 11) is 0. The highest BCUT2D eigenvalue weighted by atomic mass is 16.2. The van der Waals surface area contributed by atoms with Crippen molar-refractivity contribution >= 4 is 23.2 Å². The Labute approximate surface area is 138 Å². The van der Waals surface area contributed by atoms with Gasteiger partial charge in [0.25, 0.3) is 5.91 Å². The summed E-state index contributed by atoms with van der Waals surface area (Å²) in [6.45, 7) is 1.43. The molecule has 0 aliphatic carbocycles. The fourth-order valence-electron chi connectivity index (χ4n) is 2.15. The molecule has 0 aliphatic rings. The average Bonchev–Trinajstić information content (AvgIpc) is 3.10. The average molecular weight is 321 g/mol. The van der Waals surface area contributed by atoms with Crippen LogP contribution in [0.5, 0.6) is 0 Å². The lowest BCUT2D eigenvalue weighted by Gasteiger charge is -2.07. The molecule has 7 heteroatoms. The molecule has 0 spiro atoms. The van der Waals surface area contributed by atoms with Gasteiger partial charge in [0.2, 0.25) is 5.91 Å². The first-order valence-corrected chi connectivity index (χ1v) is 7.26. The summed E-state index contributed by atoms with van der Waals surface area (Å²) in [4.78, 5) is 27.1. The van der Waals surface area contributed by atoms with Gasteiger partial charge in [-0.2, -0.15) is 5.10 Å². The van der Waals surface area contributed by atoms with Crippen LogP contribution in [0, 0.1) is 0 Å². The fourth-order valence-corrected chi connectivity index (χ4v) is 2.15. The predicted molar refractivity (Wildman–Crippen MR) is 90.1 cm³/mol. The lowest BCUT2D eigenvalue weighted by Crippen LogP contribution is -2.12. The molecule has 0 unspecified atom stereocenters. The van der Waals surface area contributed by atoms with E-state index in [-0.39, 0.29) is 11.8 Å². The van der Waals surface area contributed by atoms with E-state index in [1.54, 1.807) is 47.4 Å². The first-order chi connectivity index (χ1) is 11.6. The van der Waals surface area contributed by atoms with Crippen LogP contribution in [0.2, 0.25) is 0 Å². The van der Waals surface area contributed by atoms with E-state index in [2.05, 4.69) is 20.7 Å². The number of rotatable bonds is 4. The minimum atomic E-state index is -0.224. The summed E-state index contributed by atoms with van der Waals surface area (Å²) in [5.74, 6) is -0.377. The van der Waals surface area contributed by atoms with Crippen LogP contribution in [0.4, 0.5) is 11.4 Å². The van der Waals surface area contributed by atoms with Crippen molar-refractivity contribution in [2.45, 2.75) is 6.92 Å². The zero-order chi connectivity index (χ0) is 16.9. The Morgan fingerprint density at radius 3 is 2.12 bits per heavy atom. The second kappa shape index (κ2) is 6.74. The van der Waals surface area contributed by atoms with E-state index in [4.69, 9.17) is 0 Å². The molecule has 0 bridgehead atoms. The van der Waals surface area contributed by atoms with Gasteiger partial charge in [0.1, 0.15) is 12.7 Å². The monoisotopic (exact) mass is 321 g/mol. The van der Waals surface area contributed by atoms with Gasteiger partial charge in [-0.15, -0.1) is 0 Å². The van der Waals surface area contributed by atoms with Crippen molar-refractivity contribution in [2.24, 2.45) is 0 Å². The van der Waals surface area contributed by atoms with Crippen LogP contribution in [0.1, 0.15) is 17.3 Å². The summed E-state index contributed by atoms with van der Waals surface area (Å²) in [5.41, 5.74) is 2.68. The van der Waals surface area contributed by atoms with Crippen LogP contribution < -0.4 is 10.6 Å². The normalized spacial score (nSPS) is 10.2. The van der Waals surface area contributed by atoms with E-state index in [1.165, 1.54) is 13.3 Å². The lowest BCUT2D eigenvalue weighted by atomic mass is 10.2. The number of aromatic nitrogens is 3. The number of amides is 2. The predicted octanol–water partition coefficient (Wildman–Crippen LogP) is 2.48. The number of hydrogen-bond acceptors (Lipinski definition) is 4. The van der Waals surface area contributed by atoms with Gasteiger partial charge >= 0.3 is 0 Å². The number of benzene rings is 2. The zero-order valence-corrected chi connectivity index (χ0v) is 12.9. The summed E-state index contributed by atoms with van der Waals surface area (Å²) in [6, 6.07) is 13.9. The minimum absolute atomic E-state index is 0.153. The van der Waals surface area contributed by atoms with Crippen LogP contribution >= 0.6 is 0 Å². The number of anilines is 2. The number of carbonyl (C=O) groups is 2. The summed E-state index contributed by atoms with van der Waals surface area (Å²) in [5, 5.41) is 9.52. The summed E-state index contributed by atoms with van der Waals surface area (Å²) < 4.78 is 1.63. The Morgan fingerprint density at radius 2 is 1.54 bits per heavy atom. The number of nitrogens with one attached hydrogen (secondary N) is 2. The molecule has 3 rings (SSSR count). The van der Waals surface area contributed by atoms with Gasteiger partial charge in [-0.25, -0.2) is 9.67 Å². The molecule has 0 saturated carbocycles. The van der Waals surface area contributed by atoms with Crippen LogP contribution in [-0.2, 0) is 4.79 Å². The smallest absolute Gasteiger partial charge is 0.255 e. The molecule has 0 atom stereocenters. The third-order valence-electron chi connectivity index (χ3n) is 3.28. The molecule has 2 aromatic carbocycles. The van der Waals surface area contributed by atoms with Crippen molar-refractivity contribution in [3.8, 4) is 5.69 Å². The minimum Gasteiger partial charge on any atom is -0.326 e. The first-order valence-electron chi connectivity index (χ1n) is 7.26. The van der Waals surface area contributed by atoms with Crippen LogP contribution in [-0.4, -0.2) is 26.6 Å². The first kappa shape index (κ1) is 15.4. The highest BCUT2D eigenvalue weighted by Gasteiger charge is 2.07. The molecule has 2 N–H and O–H groups in total. The number of carbonyl (C=O) groups excluding carboxylic acids is 2. The van der Waals surface area contributed by atoms with Gasteiger partial charge in [0.05, 0.1) is 5.69 Å². The van der Waals surface area contributed by atoms with E-state index in [9.17, 15) is 9.59 Å². The Bertz CT molecular complexity index is 840. The number of nitrogens with zero attached hydrogens (tertiary/aromatic N) is 3. The molecule has 24 heavy (non-hydrogen) atoms. The third-order valence-corrected chi connectivity index (χ3v) is 3.28. The standard InChI is InChI=1S/C17H15N5O2/c1-12(23)20-14-4-2-13(3-5-14)17(24)21-15-6-8-16(9-7-15)22-11-18-10-19-22/h2-11H,1H3,(H,20,23)(H,21,24). The van der Waals surface area contributed by atoms with Crippen LogP contribution in [0.15, 0.2) is 61.2 Å². The van der Waals surface area contributed by atoms with Crippen LogP contribution in [0.3, 0.4) is 0 Å². The van der Waals surface area contributed by atoms with Gasteiger partial charge in [-0.05, 0) is 48.5 Å². The molecule has 2 amide bonds. The molecule has 0 radical (unpaired) electrons. The van der Waals surface area contributed by atoms with Gasteiger partial charge in [-0.1, -0.05) is 0 Å². The highest BCUT2D eigenvalue weighted by molar-refractivity contribution is 6.04. The van der Waals surface area contributed by atoms with Crippen molar-refractivity contribution in [2.75, 3.05) is 10.6 Å². The molecular weight excluding hydrogens is 306 g/mol. The van der Waals surface area contributed by atoms with Gasteiger partial charge in [0.15, 0.2) is 0 Å². The molecule has 0 aliphatic heterocycles. The largest absolute Gasteiger partial charge is 0.326 e. The maximum absolute atomic E-state index is 12.2. The second-order valence-corrected chi connectivity index (χ2v) is 5.10. The fraction of sp³-hybridized carbons (Fsp3) is 0.0588. The second-order valence-electron chi connectivity index (χ2n) is 5.10. The van der Waals surface area contributed by atoms with Crippen molar-refractivity contribution in [3.63, 3.8) is 0 Å². The molecule has 1 heterocycles. The topological polar surface area (TPSA) is 88.9 Å². The molecule has 7 nitrogen and oxygen atoms in total. The van der Waals surface area contributed by atoms with Gasteiger partial charge in [0, 0.05) is 23.9 Å². The Hall–Kier alpha value is -3.48. The maximum atomic E-state index is 12.2. The summed E-state index contributed by atoms with van der Waals surface area (Å²) >= 11 is 0. The van der Waals surface area contributed by atoms with E-state index < -0.39 is 0 Å². The molecule has 3 aromatic rings. The number of hydrogen-bond donors (Lipinski definition) is 2. The molecule has 0 fully saturated rings. The third kappa shape index (κ3) is 3.64. The highest BCUT2D eigenvalue weighted by Crippen LogP contribution is 2.15. The van der Waals surface area contributed by atoms with Crippen molar-refractivity contribution in [1.29, 1.82) is 0 Å². The van der Waals surface area contributed by atoms with Crippen molar-refractivity contribution in [1.82, 2.24) is 14.8 Å². The van der Waals surface area contributed by atoms with Crippen molar-refractivity contribution in [3.05, 3.63) is 66.7 Å². The van der Waals surface area contributed by atoms with E-state index in [0.29, 0.717) is 16.9 Å². The van der Waals surface area contributed by atoms with E-state index in [0.717, 1.165) is 5.69 Å². The van der Waals surface area contributed by atoms with Gasteiger partial charge in [-0.3, -0.25) is 9.59 Å². The molecule has 1 aromatic heterocycles. The van der Waals surface area contributed by atoms with Gasteiger partial charge < -0.3 is 10.6 Å². The Morgan fingerprint density at radius 1 is 0.917 bits per heavy atom. The van der Waals surface area contributed by atoms with E-state index in [1.807, 2.05) is 12.1 Å². The summed E-state index contributed by atoms with van der Waals surface area (Å²) in [6.07, 6.45) is 3.06. The Balaban J connectivity index is 1.67. The quantitative estimate of drug-likeness (QED) is 0.772. The van der Waals surface area contributed by atoms with Crippen molar-refractivity contribution < 1.29 is 9.59 Å². The maximum Gasteiger partial charge on any atom is 0.255 e. The molecule has 120 valence electrons. The SMILES string of the molecule is CC(=O)Nc1ccc(C(=O)Nc2ccc(-n3cncn3)cc2)cc1. The zero-order valence-electron chi connectivity index (χ0n) is 12.9. The lowest BCUT2D eigenvalue weighted by molar-refractivity contribution is -0.114. The molecular formula is C17H15N5O2. The van der Waals surface area contributed by atoms with E-state index >= 15 is 0 Å².